The van der Waals surface area contributed by atoms with Crippen LogP contribution < -0.4 is 5.73 Å². The van der Waals surface area contributed by atoms with Crippen LogP contribution in [0.4, 0.5) is 5.69 Å². The molecule has 0 saturated heterocycles. The smallest absolute Gasteiger partial charge is 0.0870 e. The van der Waals surface area contributed by atoms with Crippen molar-refractivity contribution in [1.82, 2.24) is 4.98 Å². The lowest BCUT2D eigenvalue weighted by molar-refractivity contribution is 1.25. The number of fused-ring (bicyclic) bond motifs is 1. The lowest BCUT2D eigenvalue weighted by Crippen LogP contribution is -1.94. The molecule has 1 aromatic heterocycles. The third-order valence-corrected chi connectivity index (χ3v) is 2.92. The molecular formula is C11H11BrN2. The summed E-state index contributed by atoms with van der Waals surface area (Å²) in [6, 6.07) is 5.95. The first-order chi connectivity index (χ1) is 6.59. The van der Waals surface area contributed by atoms with Gasteiger partial charge in [0.25, 0.3) is 0 Å². The maximum absolute atomic E-state index is 5.97. The molecule has 2 nitrogen and oxygen atoms in total. The highest BCUT2D eigenvalue weighted by Crippen LogP contribution is 2.29. The maximum atomic E-state index is 5.97. The topological polar surface area (TPSA) is 38.9 Å². The van der Waals surface area contributed by atoms with E-state index in [0.717, 1.165) is 32.3 Å². The average molecular weight is 251 g/mol. The van der Waals surface area contributed by atoms with Gasteiger partial charge < -0.3 is 5.73 Å². The standard InChI is InChI=1S/C11H11BrN2/c1-6-3-4-8(12)11-10(6)9(13)5-7(2)14-11/h3-5H,1-2H3,(H2,13,14). The van der Waals surface area contributed by atoms with Crippen molar-refractivity contribution in [3.8, 4) is 0 Å². The molecule has 1 aromatic carbocycles. The Morgan fingerprint density at radius 3 is 2.71 bits per heavy atom. The molecule has 0 amide bonds. The Hall–Kier alpha value is -1.09. The summed E-state index contributed by atoms with van der Waals surface area (Å²) in [6.07, 6.45) is 0. The van der Waals surface area contributed by atoms with Gasteiger partial charge in [-0.05, 0) is 47.5 Å². The molecule has 0 aliphatic heterocycles. The van der Waals surface area contributed by atoms with Gasteiger partial charge in [-0.25, -0.2) is 0 Å². The first-order valence-corrected chi connectivity index (χ1v) is 5.21. The largest absolute Gasteiger partial charge is 0.398 e. The van der Waals surface area contributed by atoms with E-state index < -0.39 is 0 Å². The minimum absolute atomic E-state index is 0.798. The van der Waals surface area contributed by atoms with Gasteiger partial charge in [-0.2, -0.15) is 0 Å². The van der Waals surface area contributed by atoms with E-state index in [1.165, 1.54) is 0 Å². The van der Waals surface area contributed by atoms with Gasteiger partial charge in [0.2, 0.25) is 0 Å². The number of halogens is 1. The zero-order valence-electron chi connectivity index (χ0n) is 8.13. The van der Waals surface area contributed by atoms with Gasteiger partial charge in [-0.3, -0.25) is 4.98 Å². The van der Waals surface area contributed by atoms with Crippen molar-refractivity contribution in [1.29, 1.82) is 0 Å². The SMILES string of the molecule is Cc1cc(N)c2c(C)ccc(Br)c2n1. The molecule has 0 saturated carbocycles. The predicted molar refractivity (Wildman–Crippen MR) is 63.3 cm³/mol. The van der Waals surface area contributed by atoms with Gasteiger partial charge in [0.1, 0.15) is 0 Å². The maximum Gasteiger partial charge on any atom is 0.0870 e. The van der Waals surface area contributed by atoms with Crippen molar-refractivity contribution < 1.29 is 0 Å². The van der Waals surface area contributed by atoms with E-state index in [2.05, 4.69) is 20.9 Å². The number of nitrogen functional groups attached to an aromatic ring is 1. The lowest BCUT2D eigenvalue weighted by atomic mass is 10.1. The van der Waals surface area contributed by atoms with Crippen molar-refractivity contribution >= 4 is 32.5 Å². The van der Waals surface area contributed by atoms with Crippen LogP contribution >= 0.6 is 15.9 Å². The first kappa shape index (κ1) is 9.46. The molecule has 0 radical (unpaired) electrons. The van der Waals surface area contributed by atoms with Gasteiger partial charge in [-0.1, -0.05) is 6.07 Å². The Labute approximate surface area is 91.3 Å². The third kappa shape index (κ3) is 1.38. The van der Waals surface area contributed by atoms with Gasteiger partial charge in [-0.15, -0.1) is 0 Å². The van der Waals surface area contributed by atoms with Crippen molar-refractivity contribution in [3.63, 3.8) is 0 Å². The van der Waals surface area contributed by atoms with E-state index in [-0.39, 0.29) is 0 Å². The van der Waals surface area contributed by atoms with E-state index in [1.807, 2.05) is 32.0 Å². The minimum atomic E-state index is 0.798. The molecule has 2 N–H and O–H groups in total. The average Bonchev–Trinajstić information content (AvgIpc) is 2.10. The van der Waals surface area contributed by atoms with Crippen LogP contribution in [0.15, 0.2) is 22.7 Å². The van der Waals surface area contributed by atoms with Crippen molar-refractivity contribution in [2.75, 3.05) is 5.73 Å². The molecule has 0 atom stereocenters. The van der Waals surface area contributed by atoms with Crippen LogP contribution in [0.25, 0.3) is 10.9 Å². The molecule has 1 heterocycles. The van der Waals surface area contributed by atoms with E-state index >= 15 is 0 Å². The number of pyridine rings is 1. The summed E-state index contributed by atoms with van der Waals surface area (Å²) < 4.78 is 0.994. The third-order valence-electron chi connectivity index (χ3n) is 2.28. The van der Waals surface area contributed by atoms with Crippen molar-refractivity contribution in [2.24, 2.45) is 0 Å². The normalized spacial score (nSPS) is 10.8. The second kappa shape index (κ2) is 3.24. The molecule has 72 valence electrons. The summed E-state index contributed by atoms with van der Waals surface area (Å²) >= 11 is 3.48. The number of aryl methyl sites for hydroxylation is 2. The Balaban J connectivity index is 3.00. The van der Waals surface area contributed by atoms with Gasteiger partial charge in [0.05, 0.1) is 5.52 Å². The number of rotatable bonds is 0. The fourth-order valence-electron chi connectivity index (χ4n) is 1.65. The quantitative estimate of drug-likeness (QED) is 0.780. The molecule has 0 fully saturated rings. The molecule has 0 aliphatic rings. The summed E-state index contributed by atoms with van der Waals surface area (Å²) in [5.74, 6) is 0. The van der Waals surface area contributed by atoms with Crippen LogP contribution in [0.1, 0.15) is 11.3 Å². The fraction of sp³-hybridized carbons (Fsp3) is 0.182. The number of hydrogen-bond donors (Lipinski definition) is 1. The minimum Gasteiger partial charge on any atom is -0.398 e. The number of aromatic nitrogens is 1. The molecule has 0 aliphatic carbocycles. The monoisotopic (exact) mass is 250 g/mol. The molecule has 3 heteroatoms. The molecule has 0 unspecified atom stereocenters. The van der Waals surface area contributed by atoms with Gasteiger partial charge >= 0.3 is 0 Å². The van der Waals surface area contributed by atoms with Crippen LogP contribution in [-0.2, 0) is 0 Å². The second-order valence-electron chi connectivity index (χ2n) is 3.44. The number of benzene rings is 1. The zero-order valence-corrected chi connectivity index (χ0v) is 9.72. The Morgan fingerprint density at radius 1 is 1.29 bits per heavy atom. The number of nitrogens with two attached hydrogens (primary N) is 1. The highest BCUT2D eigenvalue weighted by molar-refractivity contribution is 9.10. The van der Waals surface area contributed by atoms with Gasteiger partial charge in [0.15, 0.2) is 0 Å². The second-order valence-corrected chi connectivity index (χ2v) is 4.30. The Bertz CT molecular complexity index is 506. The molecule has 14 heavy (non-hydrogen) atoms. The van der Waals surface area contributed by atoms with E-state index in [9.17, 15) is 0 Å². The Morgan fingerprint density at radius 2 is 2.00 bits per heavy atom. The zero-order chi connectivity index (χ0) is 10.3. The molecule has 2 aromatic rings. The lowest BCUT2D eigenvalue weighted by Gasteiger charge is -2.07. The summed E-state index contributed by atoms with van der Waals surface area (Å²) in [7, 11) is 0. The summed E-state index contributed by atoms with van der Waals surface area (Å²) in [5.41, 5.74) is 9.82. The van der Waals surface area contributed by atoms with Crippen molar-refractivity contribution in [3.05, 3.63) is 33.9 Å². The molecule has 0 spiro atoms. The summed E-state index contributed by atoms with van der Waals surface area (Å²) in [6.45, 7) is 3.99. The fourth-order valence-corrected chi connectivity index (χ4v) is 2.07. The van der Waals surface area contributed by atoms with E-state index in [1.54, 1.807) is 0 Å². The molecule has 0 bridgehead atoms. The molecular weight excluding hydrogens is 240 g/mol. The number of hydrogen-bond acceptors (Lipinski definition) is 2. The highest BCUT2D eigenvalue weighted by atomic mass is 79.9. The van der Waals surface area contributed by atoms with Crippen LogP contribution in [-0.4, -0.2) is 4.98 Å². The number of nitrogens with zero attached hydrogens (tertiary/aromatic N) is 1. The Kier molecular flexibility index (Phi) is 2.19. The van der Waals surface area contributed by atoms with Gasteiger partial charge in [0, 0.05) is 21.2 Å². The van der Waals surface area contributed by atoms with Crippen LogP contribution in [0.2, 0.25) is 0 Å². The summed E-state index contributed by atoms with van der Waals surface area (Å²) in [5, 5.41) is 1.05. The van der Waals surface area contributed by atoms with Crippen LogP contribution in [0, 0.1) is 13.8 Å². The highest BCUT2D eigenvalue weighted by Gasteiger charge is 2.06. The van der Waals surface area contributed by atoms with Crippen LogP contribution in [0.3, 0.4) is 0 Å². The van der Waals surface area contributed by atoms with Crippen LogP contribution in [0.5, 0.6) is 0 Å². The first-order valence-electron chi connectivity index (χ1n) is 4.41. The van der Waals surface area contributed by atoms with E-state index in [0.29, 0.717) is 0 Å². The van der Waals surface area contributed by atoms with Crippen molar-refractivity contribution in [2.45, 2.75) is 13.8 Å². The number of anilines is 1. The van der Waals surface area contributed by atoms with E-state index in [4.69, 9.17) is 5.73 Å². The molecule has 2 rings (SSSR count). The predicted octanol–water partition coefficient (Wildman–Crippen LogP) is 3.20. The summed E-state index contributed by atoms with van der Waals surface area (Å²) in [4.78, 5) is 4.47.